The first kappa shape index (κ1) is 16.4. The fourth-order valence-corrected chi connectivity index (χ4v) is 4.49. The van der Waals surface area contributed by atoms with Gasteiger partial charge in [0.25, 0.3) is 0 Å². The Kier molecular flexibility index (Phi) is 4.36. The van der Waals surface area contributed by atoms with E-state index in [-0.39, 0.29) is 17.8 Å². The Bertz CT molecular complexity index is 578. The van der Waals surface area contributed by atoms with Crippen LogP contribution in [0.25, 0.3) is 0 Å². The molecule has 0 spiro atoms. The Labute approximate surface area is 142 Å². The van der Waals surface area contributed by atoms with E-state index >= 15 is 0 Å². The maximum absolute atomic E-state index is 11.3. The van der Waals surface area contributed by atoms with Gasteiger partial charge in [0, 0.05) is 50.0 Å². The summed E-state index contributed by atoms with van der Waals surface area (Å²) in [6.45, 7) is 8.14. The van der Waals surface area contributed by atoms with Gasteiger partial charge in [-0.3, -0.25) is 4.90 Å². The molecule has 1 N–H and O–H groups in total. The second-order valence-corrected chi connectivity index (χ2v) is 7.67. The van der Waals surface area contributed by atoms with Crippen LogP contribution in [0.15, 0.2) is 4.42 Å². The smallest absolute Gasteiger partial charge is 0.230 e. The zero-order valence-electron chi connectivity index (χ0n) is 14.5. The number of aromatic nitrogens is 2. The maximum Gasteiger partial charge on any atom is 0.230 e. The first-order chi connectivity index (χ1) is 11.6. The second kappa shape index (κ2) is 6.37. The topological polar surface area (TPSA) is 80.9 Å². The number of hydrogen-bond acceptors (Lipinski definition) is 7. The minimum atomic E-state index is -0.669. The van der Waals surface area contributed by atoms with Crippen LogP contribution < -0.4 is 0 Å². The van der Waals surface area contributed by atoms with E-state index in [4.69, 9.17) is 13.9 Å². The zero-order valence-corrected chi connectivity index (χ0v) is 14.5. The Balaban J connectivity index is 1.56. The Morgan fingerprint density at radius 1 is 1.25 bits per heavy atom. The van der Waals surface area contributed by atoms with Crippen molar-refractivity contribution in [3.63, 3.8) is 0 Å². The standard InChI is InChI=1S/C17H27N3O4/c1-11(2)16-19-18-15(24-16)8-20-7-12-9-23-6-4-17(12,21)13-10-22-5-3-14(13)20/h11-14,21H,3-10H2,1-2H3/t12-,13+,14-,17-/m0/s1. The molecule has 3 saturated heterocycles. The third kappa shape index (κ3) is 2.77. The van der Waals surface area contributed by atoms with Crippen LogP contribution in [-0.4, -0.2) is 64.8 Å². The van der Waals surface area contributed by atoms with Gasteiger partial charge in [0.15, 0.2) is 0 Å². The lowest BCUT2D eigenvalue weighted by Gasteiger charge is -2.57. The highest BCUT2D eigenvalue weighted by Gasteiger charge is 2.55. The van der Waals surface area contributed by atoms with Crippen LogP contribution in [0, 0.1) is 11.8 Å². The summed E-state index contributed by atoms with van der Waals surface area (Å²) in [5.41, 5.74) is -0.669. The normalized spacial score (nSPS) is 37.2. The lowest BCUT2D eigenvalue weighted by molar-refractivity contribution is -0.221. The van der Waals surface area contributed by atoms with Gasteiger partial charge in [-0.15, -0.1) is 10.2 Å². The second-order valence-electron chi connectivity index (χ2n) is 7.67. The fourth-order valence-electron chi connectivity index (χ4n) is 4.49. The number of hydrogen-bond donors (Lipinski definition) is 1. The van der Waals surface area contributed by atoms with Crippen LogP contribution in [0.4, 0.5) is 0 Å². The van der Waals surface area contributed by atoms with Crippen molar-refractivity contribution in [1.29, 1.82) is 0 Å². The zero-order chi connectivity index (χ0) is 16.7. The molecule has 1 aromatic heterocycles. The molecule has 0 unspecified atom stereocenters. The quantitative estimate of drug-likeness (QED) is 0.887. The molecule has 4 atom stereocenters. The van der Waals surface area contributed by atoms with Crippen molar-refractivity contribution >= 4 is 0 Å². The highest BCUT2D eigenvalue weighted by atomic mass is 16.5. The molecule has 3 aliphatic rings. The molecule has 7 nitrogen and oxygen atoms in total. The SMILES string of the molecule is CC(C)c1nnc(CN2C[C@H]3COCC[C@@]3(O)[C@@H]3COCC[C@@H]32)o1. The van der Waals surface area contributed by atoms with Crippen LogP contribution in [0.3, 0.4) is 0 Å². The molecular weight excluding hydrogens is 310 g/mol. The molecule has 4 rings (SSSR count). The summed E-state index contributed by atoms with van der Waals surface area (Å²) >= 11 is 0. The molecule has 0 radical (unpaired) electrons. The highest BCUT2D eigenvalue weighted by Crippen LogP contribution is 2.44. The lowest BCUT2D eigenvalue weighted by atomic mass is 9.66. The lowest BCUT2D eigenvalue weighted by Crippen LogP contribution is -2.67. The molecule has 0 aromatic carbocycles. The minimum Gasteiger partial charge on any atom is -0.424 e. The number of likely N-dealkylation sites (tertiary alicyclic amines) is 1. The predicted molar refractivity (Wildman–Crippen MR) is 85.4 cm³/mol. The Hall–Kier alpha value is -1.02. The first-order valence-corrected chi connectivity index (χ1v) is 9.02. The molecule has 3 aliphatic heterocycles. The number of aliphatic hydroxyl groups is 1. The van der Waals surface area contributed by atoms with Crippen LogP contribution in [0.2, 0.25) is 0 Å². The number of fused-ring (bicyclic) bond motifs is 3. The van der Waals surface area contributed by atoms with E-state index in [1.807, 2.05) is 13.8 Å². The summed E-state index contributed by atoms with van der Waals surface area (Å²) in [6.07, 6.45) is 1.64. The van der Waals surface area contributed by atoms with Crippen LogP contribution in [-0.2, 0) is 16.0 Å². The largest absolute Gasteiger partial charge is 0.424 e. The van der Waals surface area contributed by atoms with Gasteiger partial charge in [-0.05, 0) is 6.42 Å². The van der Waals surface area contributed by atoms with E-state index in [1.165, 1.54) is 0 Å². The van der Waals surface area contributed by atoms with Gasteiger partial charge in [-0.25, -0.2) is 0 Å². The first-order valence-electron chi connectivity index (χ1n) is 9.02. The van der Waals surface area contributed by atoms with Crippen molar-refractivity contribution in [2.75, 3.05) is 33.0 Å². The van der Waals surface area contributed by atoms with Crippen molar-refractivity contribution in [2.24, 2.45) is 11.8 Å². The number of piperidine rings is 1. The number of ether oxygens (including phenoxy) is 2. The molecule has 3 fully saturated rings. The summed E-state index contributed by atoms with van der Waals surface area (Å²) in [5.74, 6) is 1.82. The summed E-state index contributed by atoms with van der Waals surface area (Å²) in [5, 5.41) is 19.7. The highest BCUT2D eigenvalue weighted by molar-refractivity contribution is 5.06. The molecule has 4 heterocycles. The fraction of sp³-hybridized carbons (Fsp3) is 0.882. The third-order valence-corrected chi connectivity index (χ3v) is 5.87. The van der Waals surface area contributed by atoms with Crippen LogP contribution in [0.5, 0.6) is 0 Å². The molecule has 0 amide bonds. The van der Waals surface area contributed by atoms with Crippen LogP contribution >= 0.6 is 0 Å². The molecule has 1 aromatic rings. The summed E-state index contributed by atoms with van der Waals surface area (Å²) in [6, 6.07) is 0.299. The molecule has 7 heteroatoms. The summed E-state index contributed by atoms with van der Waals surface area (Å²) in [4.78, 5) is 2.39. The number of rotatable bonds is 3. The van der Waals surface area contributed by atoms with Gasteiger partial charge < -0.3 is 19.0 Å². The van der Waals surface area contributed by atoms with Crippen molar-refractivity contribution < 1.29 is 19.0 Å². The average Bonchev–Trinajstić information content (AvgIpc) is 3.05. The molecule has 0 bridgehead atoms. The minimum absolute atomic E-state index is 0.113. The molecule has 24 heavy (non-hydrogen) atoms. The maximum atomic E-state index is 11.3. The molecule has 0 saturated carbocycles. The van der Waals surface area contributed by atoms with Gasteiger partial charge in [-0.1, -0.05) is 13.8 Å². The van der Waals surface area contributed by atoms with Gasteiger partial charge >= 0.3 is 0 Å². The molecular formula is C17H27N3O4. The molecule has 0 aliphatic carbocycles. The number of nitrogens with zero attached hydrogens (tertiary/aromatic N) is 3. The van der Waals surface area contributed by atoms with Crippen molar-refractivity contribution in [3.05, 3.63) is 11.8 Å². The van der Waals surface area contributed by atoms with Gasteiger partial charge in [0.05, 0.1) is 25.4 Å². The summed E-state index contributed by atoms with van der Waals surface area (Å²) < 4.78 is 17.1. The van der Waals surface area contributed by atoms with E-state index in [2.05, 4.69) is 15.1 Å². The average molecular weight is 337 g/mol. The van der Waals surface area contributed by atoms with Crippen molar-refractivity contribution in [3.8, 4) is 0 Å². The van der Waals surface area contributed by atoms with Crippen molar-refractivity contribution in [1.82, 2.24) is 15.1 Å². The van der Waals surface area contributed by atoms with Gasteiger partial charge in [0.1, 0.15) is 0 Å². The predicted octanol–water partition coefficient (Wildman–Crippen LogP) is 1.18. The van der Waals surface area contributed by atoms with E-state index in [9.17, 15) is 5.11 Å². The van der Waals surface area contributed by atoms with Gasteiger partial charge in [0.2, 0.25) is 11.8 Å². The monoisotopic (exact) mass is 337 g/mol. The van der Waals surface area contributed by atoms with Gasteiger partial charge in [-0.2, -0.15) is 0 Å². The van der Waals surface area contributed by atoms with E-state index in [0.29, 0.717) is 50.6 Å². The molecule has 134 valence electrons. The third-order valence-electron chi connectivity index (χ3n) is 5.87. The van der Waals surface area contributed by atoms with E-state index < -0.39 is 5.60 Å². The van der Waals surface area contributed by atoms with Crippen molar-refractivity contribution in [2.45, 2.75) is 50.8 Å². The van der Waals surface area contributed by atoms with E-state index in [0.717, 1.165) is 19.6 Å². The Morgan fingerprint density at radius 2 is 2.08 bits per heavy atom. The summed E-state index contributed by atoms with van der Waals surface area (Å²) in [7, 11) is 0. The Morgan fingerprint density at radius 3 is 2.88 bits per heavy atom. The van der Waals surface area contributed by atoms with E-state index in [1.54, 1.807) is 0 Å². The van der Waals surface area contributed by atoms with Crippen LogP contribution in [0.1, 0.15) is 44.4 Å².